The normalized spacial score (nSPS) is 10.9. The van der Waals surface area contributed by atoms with Crippen molar-refractivity contribution < 1.29 is 4.79 Å². The lowest BCUT2D eigenvalue weighted by atomic mass is 10.1. The Kier molecular flexibility index (Phi) is 4.73. The summed E-state index contributed by atoms with van der Waals surface area (Å²) in [5, 5.41) is 0.725. The van der Waals surface area contributed by atoms with Crippen LogP contribution in [-0.4, -0.2) is 10.9 Å². The molecule has 1 heterocycles. The van der Waals surface area contributed by atoms with Crippen molar-refractivity contribution >= 4 is 32.6 Å². The van der Waals surface area contributed by atoms with Crippen LogP contribution in [0.1, 0.15) is 27.0 Å². The van der Waals surface area contributed by atoms with Gasteiger partial charge >= 0.3 is 0 Å². The minimum Gasteiger partial charge on any atom is -0.279 e. The van der Waals surface area contributed by atoms with E-state index in [1.165, 1.54) is 5.56 Å². The summed E-state index contributed by atoms with van der Waals surface area (Å²) in [6.45, 7) is 4.58. The standard InChI is InChI=1S/C23H20N2OS/c1-16-12-13-19(14-17(16)2)22(26)25(15-18-8-4-3-5-9-18)23-24-20-10-6-7-11-21(20)27-23/h3-14H,15H2,1-2H3. The van der Waals surface area contributed by atoms with Crippen LogP contribution in [0, 0.1) is 13.8 Å². The predicted molar refractivity (Wildman–Crippen MR) is 112 cm³/mol. The number of carbonyl (C=O) groups excluding carboxylic acids is 1. The first-order valence-corrected chi connectivity index (χ1v) is 9.72. The van der Waals surface area contributed by atoms with Gasteiger partial charge in [0.05, 0.1) is 16.8 Å². The van der Waals surface area contributed by atoms with Crippen molar-refractivity contribution in [2.45, 2.75) is 20.4 Å². The Labute approximate surface area is 162 Å². The lowest BCUT2D eigenvalue weighted by Gasteiger charge is -2.20. The minimum atomic E-state index is -0.0268. The maximum absolute atomic E-state index is 13.4. The van der Waals surface area contributed by atoms with Gasteiger partial charge in [-0.3, -0.25) is 9.69 Å². The van der Waals surface area contributed by atoms with E-state index in [9.17, 15) is 4.79 Å². The second-order valence-electron chi connectivity index (χ2n) is 6.64. The number of para-hydroxylation sites is 1. The smallest absolute Gasteiger partial charge is 0.260 e. The molecule has 0 bridgehead atoms. The number of aromatic nitrogens is 1. The van der Waals surface area contributed by atoms with Crippen LogP contribution in [0.3, 0.4) is 0 Å². The molecule has 4 aromatic rings. The first-order chi connectivity index (χ1) is 13.1. The Morgan fingerprint density at radius 2 is 1.67 bits per heavy atom. The molecule has 0 radical (unpaired) electrons. The third-order valence-corrected chi connectivity index (χ3v) is 5.76. The van der Waals surface area contributed by atoms with E-state index >= 15 is 0 Å². The van der Waals surface area contributed by atoms with Gasteiger partial charge in [0.1, 0.15) is 0 Å². The number of amides is 1. The van der Waals surface area contributed by atoms with Gasteiger partial charge in [0.15, 0.2) is 5.13 Å². The van der Waals surface area contributed by atoms with Gasteiger partial charge in [0.25, 0.3) is 5.91 Å². The average Bonchev–Trinajstić information content (AvgIpc) is 3.12. The highest BCUT2D eigenvalue weighted by molar-refractivity contribution is 7.22. The summed E-state index contributed by atoms with van der Waals surface area (Å²) in [7, 11) is 0. The van der Waals surface area contributed by atoms with E-state index in [2.05, 4.69) is 6.92 Å². The van der Waals surface area contributed by atoms with E-state index in [1.807, 2.05) is 79.7 Å². The number of benzene rings is 3. The van der Waals surface area contributed by atoms with Crippen LogP contribution < -0.4 is 4.90 Å². The third kappa shape index (κ3) is 3.62. The summed E-state index contributed by atoms with van der Waals surface area (Å²) < 4.78 is 1.08. The quantitative estimate of drug-likeness (QED) is 0.456. The Hall–Kier alpha value is -2.98. The maximum atomic E-state index is 13.4. The Morgan fingerprint density at radius 3 is 2.41 bits per heavy atom. The van der Waals surface area contributed by atoms with Gasteiger partial charge in [-0.15, -0.1) is 0 Å². The van der Waals surface area contributed by atoms with Gasteiger partial charge in [-0.05, 0) is 54.8 Å². The van der Waals surface area contributed by atoms with E-state index in [0.717, 1.165) is 26.5 Å². The summed E-state index contributed by atoms with van der Waals surface area (Å²) in [6, 6.07) is 23.9. The molecule has 0 fully saturated rings. The third-order valence-electron chi connectivity index (χ3n) is 4.70. The summed E-state index contributed by atoms with van der Waals surface area (Å²) in [5.41, 5.74) is 4.98. The van der Waals surface area contributed by atoms with E-state index < -0.39 is 0 Å². The van der Waals surface area contributed by atoms with Gasteiger partial charge < -0.3 is 0 Å². The van der Waals surface area contributed by atoms with Gasteiger partial charge in [-0.25, -0.2) is 4.98 Å². The average molecular weight is 372 g/mol. The van der Waals surface area contributed by atoms with Crippen LogP contribution in [0.25, 0.3) is 10.2 Å². The summed E-state index contributed by atoms with van der Waals surface area (Å²) >= 11 is 1.55. The lowest BCUT2D eigenvalue weighted by Crippen LogP contribution is -2.30. The first-order valence-electron chi connectivity index (χ1n) is 8.90. The largest absolute Gasteiger partial charge is 0.279 e. The molecule has 4 heteroatoms. The fourth-order valence-electron chi connectivity index (χ4n) is 3.00. The number of rotatable bonds is 4. The van der Waals surface area contributed by atoms with Crippen LogP contribution in [-0.2, 0) is 6.54 Å². The van der Waals surface area contributed by atoms with Crippen LogP contribution in [0.4, 0.5) is 5.13 Å². The molecule has 0 spiro atoms. The summed E-state index contributed by atoms with van der Waals surface area (Å²) in [4.78, 5) is 19.9. The van der Waals surface area contributed by atoms with Gasteiger partial charge in [-0.1, -0.05) is 59.9 Å². The van der Waals surface area contributed by atoms with Crippen molar-refractivity contribution in [3.63, 3.8) is 0 Å². The highest BCUT2D eigenvalue weighted by Gasteiger charge is 2.22. The second-order valence-corrected chi connectivity index (χ2v) is 7.65. The molecule has 27 heavy (non-hydrogen) atoms. The zero-order valence-electron chi connectivity index (χ0n) is 15.3. The van der Waals surface area contributed by atoms with Crippen LogP contribution in [0.15, 0.2) is 72.8 Å². The molecule has 0 aliphatic heterocycles. The molecule has 1 aromatic heterocycles. The van der Waals surface area contributed by atoms with Crippen molar-refractivity contribution in [3.8, 4) is 0 Å². The molecule has 1 amide bonds. The van der Waals surface area contributed by atoms with Crippen molar-refractivity contribution in [2.24, 2.45) is 0 Å². The Morgan fingerprint density at radius 1 is 0.926 bits per heavy atom. The zero-order chi connectivity index (χ0) is 18.8. The molecule has 0 saturated heterocycles. The van der Waals surface area contributed by atoms with Gasteiger partial charge in [0.2, 0.25) is 0 Å². The van der Waals surface area contributed by atoms with E-state index in [-0.39, 0.29) is 5.91 Å². The fraction of sp³-hybridized carbons (Fsp3) is 0.130. The first kappa shape index (κ1) is 17.4. The Balaban J connectivity index is 1.77. The number of hydrogen-bond donors (Lipinski definition) is 0. The zero-order valence-corrected chi connectivity index (χ0v) is 16.2. The number of aryl methyl sites for hydroxylation is 2. The monoisotopic (exact) mass is 372 g/mol. The number of carbonyl (C=O) groups is 1. The number of thiazole rings is 1. The molecule has 134 valence electrons. The van der Waals surface area contributed by atoms with Crippen molar-refractivity contribution in [3.05, 3.63) is 95.1 Å². The molecule has 3 nitrogen and oxygen atoms in total. The lowest BCUT2D eigenvalue weighted by molar-refractivity contribution is 0.0985. The number of nitrogens with zero attached hydrogens (tertiary/aromatic N) is 2. The molecular weight excluding hydrogens is 352 g/mol. The minimum absolute atomic E-state index is 0.0268. The Bertz CT molecular complexity index is 1070. The SMILES string of the molecule is Cc1ccc(C(=O)N(Cc2ccccc2)c2nc3ccccc3s2)cc1C. The second kappa shape index (κ2) is 7.33. The van der Waals surface area contributed by atoms with E-state index in [1.54, 1.807) is 16.2 Å². The van der Waals surface area contributed by atoms with Crippen molar-refractivity contribution in [1.29, 1.82) is 0 Å². The number of anilines is 1. The topological polar surface area (TPSA) is 33.2 Å². The molecule has 0 atom stereocenters. The van der Waals surface area contributed by atoms with Crippen LogP contribution in [0.5, 0.6) is 0 Å². The van der Waals surface area contributed by atoms with Crippen molar-refractivity contribution in [1.82, 2.24) is 4.98 Å². The highest BCUT2D eigenvalue weighted by Crippen LogP contribution is 2.31. The molecule has 0 saturated carbocycles. The molecule has 0 unspecified atom stereocenters. The molecule has 0 aliphatic carbocycles. The molecule has 3 aromatic carbocycles. The molecule has 0 aliphatic rings. The summed E-state index contributed by atoms with van der Waals surface area (Å²) in [5.74, 6) is -0.0268. The molecule has 0 N–H and O–H groups in total. The van der Waals surface area contributed by atoms with Crippen LogP contribution in [0.2, 0.25) is 0 Å². The highest BCUT2D eigenvalue weighted by atomic mass is 32.1. The maximum Gasteiger partial charge on any atom is 0.260 e. The van der Waals surface area contributed by atoms with Gasteiger partial charge in [0, 0.05) is 5.56 Å². The summed E-state index contributed by atoms with van der Waals surface area (Å²) in [6.07, 6.45) is 0. The fourth-order valence-corrected chi connectivity index (χ4v) is 3.96. The number of fused-ring (bicyclic) bond motifs is 1. The van der Waals surface area contributed by atoms with E-state index in [0.29, 0.717) is 12.1 Å². The molecular formula is C23H20N2OS. The van der Waals surface area contributed by atoms with E-state index in [4.69, 9.17) is 4.98 Å². The molecule has 4 rings (SSSR count). The van der Waals surface area contributed by atoms with Gasteiger partial charge in [-0.2, -0.15) is 0 Å². The predicted octanol–water partition coefficient (Wildman–Crippen LogP) is 5.76. The van der Waals surface area contributed by atoms with Crippen LogP contribution >= 0.6 is 11.3 Å². The van der Waals surface area contributed by atoms with Crippen molar-refractivity contribution in [2.75, 3.05) is 4.90 Å². The number of hydrogen-bond acceptors (Lipinski definition) is 3.